The summed E-state index contributed by atoms with van der Waals surface area (Å²) < 4.78 is 0. The molecule has 0 radical (unpaired) electrons. The third kappa shape index (κ3) is 2.53. The van der Waals surface area contributed by atoms with Gasteiger partial charge in [-0.3, -0.25) is 0 Å². The third-order valence-corrected chi connectivity index (χ3v) is 6.12. The Bertz CT molecular complexity index is 466. The van der Waals surface area contributed by atoms with Crippen LogP contribution in [-0.4, -0.2) is 24.1 Å². The maximum Gasteiger partial charge on any atom is 0.114 e. The van der Waals surface area contributed by atoms with Crippen LogP contribution < -0.4 is 10.6 Å². The van der Waals surface area contributed by atoms with Crippen LogP contribution in [0.3, 0.4) is 0 Å². The normalized spacial score (nSPS) is 30.6. The highest BCUT2D eigenvalue weighted by atomic mass is 32.1. The van der Waals surface area contributed by atoms with Gasteiger partial charge in [0.1, 0.15) is 5.01 Å². The van der Waals surface area contributed by atoms with Crippen molar-refractivity contribution in [2.24, 2.45) is 5.92 Å². The zero-order valence-electron chi connectivity index (χ0n) is 13.0. The third-order valence-electron chi connectivity index (χ3n) is 4.92. The van der Waals surface area contributed by atoms with Crippen molar-refractivity contribution in [3.8, 4) is 0 Å². The Balaban J connectivity index is 1.98. The number of hydrogen-bond donors (Lipinski definition) is 2. The average molecular weight is 293 g/mol. The van der Waals surface area contributed by atoms with Crippen LogP contribution in [0, 0.1) is 12.8 Å². The maximum atomic E-state index is 5.03. The maximum absolute atomic E-state index is 5.03. The quantitative estimate of drug-likeness (QED) is 0.876. The minimum absolute atomic E-state index is 0.129. The number of piperidine rings is 1. The second-order valence-electron chi connectivity index (χ2n) is 6.32. The zero-order valence-corrected chi connectivity index (χ0v) is 13.8. The minimum atomic E-state index is 0.129. The van der Waals surface area contributed by atoms with E-state index in [1.165, 1.54) is 41.3 Å². The van der Waals surface area contributed by atoms with Crippen LogP contribution >= 0.6 is 11.3 Å². The molecule has 1 aliphatic heterocycles. The van der Waals surface area contributed by atoms with Gasteiger partial charge in [0.15, 0.2) is 0 Å². The monoisotopic (exact) mass is 293 g/mol. The molecule has 0 bridgehead atoms. The summed E-state index contributed by atoms with van der Waals surface area (Å²) in [5, 5.41) is 8.93. The molecule has 2 fully saturated rings. The molecule has 1 aromatic rings. The topological polar surface area (TPSA) is 37.0 Å². The van der Waals surface area contributed by atoms with Crippen LogP contribution in [0.1, 0.15) is 55.1 Å². The molecular weight excluding hydrogens is 266 g/mol. The SMILES string of the molecule is CCc1nc(C2(NC3CC3)CCNCC2CC)sc1C. The Morgan fingerprint density at radius 3 is 2.80 bits per heavy atom. The van der Waals surface area contributed by atoms with Crippen molar-refractivity contribution in [2.45, 2.75) is 64.5 Å². The molecule has 1 aromatic heterocycles. The fraction of sp³-hybridized carbons (Fsp3) is 0.812. The van der Waals surface area contributed by atoms with Crippen LogP contribution in [-0.2, 0) is 12.0 Å². The van der Waals surface area contributed by atoms with Crippen molar-refractivity contribution >= 4 is 11.3 Å². The van der Waals surface area contributed by atoms with Crippen molar-refractivity contribution in [2.75, 3.05) is 13.1 Å². The minimum Gasteiger partial charge on any atom is -0.316 e. The van der Waals surface area contributed by atoms with Gasteiger partial charge in [0, 0.05) is 17.5 Å². The van der Waals surface area contributed by atoms with E-state index in [2.05, 4.69) is 31.4 Å². The second-order valence-corrected chi connectivity index (χ2v) is 7.53. The summed E-state index contributed by atoms with van der Waals surface area (Å²) in [7, 11) is 0. The summed E-state index contributed by atoms with van der Waals surface area (Å²) in [6.45, 7) is 8.99. The number of thiazole rings is 1. The molecular formula is C16H27N3S. The summed E-state index contributed by atoms with van der Waals surface area (Å²) in [5.74, 6) is 0.659. The van der Waals surface area contributed by atoms with E-state index in [0.29, 0.717) is 5.92 Å². The summed E-state index contributed by atoms with van der Waals surface area (Å²) >= 11 is 1.93. The van der Waals surface area contributed by atoms with Gasteiger partial charge in [0.05, 0.1) is 11.2 Å². The highest BCUT2D eigenvalue weighted by Crippen LogP contribution is 2.42. The van der Waals surface area contributed by atoms with Gasteiger partial charge >= 0.3 is 0 Å². The molecule has 2 atom stereocenters. The van der Waals surface area contributed by atoms with Gasteiger partial charge in [-0.2, -0.15) is 0 Å². The predicted octanol–water partition coefficient (Wildman–Crippen LogP) is 2.98. The van der Waals surface area contributed by atoms with Gasteiger partial charge in [-0.1, -0.05) is 13.8 Å². The van der Waals surface area contributed by atoms with Gasteiger partial charge in [-0.25, -0.2) is 4.98 Å². The lowest BCUT2D eigenvalue weighted by Crippen LogP contribution is -2.57. The smallest absolute Gasteiger partial charge is 0.114 e. The molecule has 3 nitrogen and oxygen atoms in total. The van der Waals surface area contributed by atoms with Gasteiger partial charge in [0.2, 0.25) is 0 Å². The molecule has 112 valence electrons. The molecule has 2 aliphatic rings. The van der Waals surface area contributed by atoms with Crippen LogP contribution in [0.4, 0.5) is 0 Å². The van der Waals surface area contributed by atoms with Crippen molar-refractivity contribution in [1.82, 2.24) is 15.6 Å². The van der Waals surface area contributed by atoms with E-state index in [4.69, 9.17) is 4.98 Å². The molecule has 0 spiro atoms. The van der Waals surface area contributed by atoms with Crippen molar-refractivity contribution in [3.63, 3.8) is 0 Å². The number of aromatic nitrogens is 1. The number of nitrogens with one attached hydrogen (secondary N) is 2. The summed E-state index contributed by atoms with van der Waals surface area (Å²) in [6, 6.07) is 0.733. The van der Waals surface area contributed by atoms with E-state index in [0.717, 1.165) is 25.6 Å². The van der Waals surface area contributed by atoms with Gasteiger partial charge < -0.3 is 10.6 Å². The Morgan fingerprint density at radius 2 is 2.20 bits per heavy atom. The molecule has 0 amide bonds. The summed E-state index contributed by atoms with van der Waals surface area (Å²) in [5.41, 5.74) is 1.43. The highest BCUT2D eigenvalue weighted by molar-refractivity contribution is 7.11. The molecule has 2 heterocycles. The Morgan fingerprint density at radius 1 is 1.40 bits per heavy atom. The van der Waals surface area contributed by atoms with Crippen LogP contribution in [0.5, 0.6) is 0 Å². The standard InChI is InChI=1S/C16H27N3S/c1-4-12-10-17-9-8-16(12,19-13-6-7-13)15-18-14(5-2)11(3)20-15/h12-13,17,19H,4-10H2,1-3H3. The lowest BCUT2D eigenvalue weighted by Gasteiger charge is -2.44. The predicted molar refractivity (Wildman–Crippen MR) is 85.3 cm³/mol. The molecule has 2 N–H and O–H groups in total. The lowest BCUT2D eigenvalue weighted by atomic mass is 9.77. The molecule has 20 heavy (non-hydrogen) atoms. The van der Waals surface area contributed by atoms with E-state index in [1.807, 2.05) is 11.3 Å². The summed E-state index contributed by atoms with van der Waals surface area (Å²) in [4.78, 5) is 6.44. The second kappa shape index (κ2) is 5.74. The molecule has 3 rings (SSSR count). The molecule has 1 saturated heterocycles. The number of aryl methyl sites for hydroxylation is 2. The first-order chi connectivity index (χ1) is 9.69. The van der Waals surface area contributed by atoms with E-state index in [1.54, 1.807) is 0 Å². The van der Waals surface area contributed by atoms with Gasteiger partial charge in [-0.05, 0) is 51.5 Å². The van der Waals surface area contributed by atoms with E-state index < -0.39 is 0 Å². The first kappa shape index (κ1) is 14.5. The number of rotatable bonds is 5. The molecule has 4 heteroatoms. The first-order valence-corrected chi connectivity index (χ1v) is 8.96. The van der Waals surface area contributed by atoms with E-state index in [-0.39, 0.29) is 5.54 Å². The molecule has 2 unspecified atom stereocenters. The van der Waals surface area contributed by atoms with Crippen LogP contribution in [0.2, 0.25) is 0 Å². The largest absolute Gasteiger partial charge is 0.316 e. The lowest BCUT2D eigenvalue weighted by molar-refractivity contribution is 0.146. The highest BCUT2D eigenvalue weighted by Gasteiger charge is 2.46. The molecule has 0 aromatic carbocycles. The van der Waals surface area contributed by atoms with Crippen molar-refractivity contribution in [1.29, 1.82) is 0 Å². The number of hydrogen-bond acceptors (Lipinski definition) is 4. The Hall–Kier alpha value is -0.450. The average Bonchev–Trinajstić information content (AvgIpc) is 3.19. The van der Waals surface area contributed by atoms with Crippen molar-refractivity contribution < 1.29 is 0 Å². The van der Waals surface area contributed by atoms with Gasteiger partial charge in [0.25, 0.3) is 0 Å². The fourth-order valence-electron chi connectivity index (χ4n) is 3.51. The van der Waals surface area contributed by atoms with Crippen molar-refractivity contribution in [3.05, 3.63) is 15.6 Å². The molecule has 1 saturated carbocycles. The Labute approximate surface area is 126 Å². The first-order valence-electron chi connectivity index (χ1n) is 8.14. The zero-order chi connectivity index (χ0) is 14.2. The molecule has 1 aliphatic carbocycles. The Kier molecular flexibility index (Phi) is 4.16. The van der Waals surface area contributed by atoms with Gasteiger partial charge in [-0.15, -0.1) is 11.3 Å². The fourth-order valence-corrected chi connectivity index (χ4v) is 4.77. The van der Waals surface area contributed by atoms with E-state index >= 15 is 0 Å². The van der Waals surface area contributed by atoms with E-state index in [9.17, 15) is 0 Å². The number of nitrogens with zero attached hydrogens (tertiary/aromatic N) is 1. The van der Waals surface area contributed by atoms with Crippen LogP contribution in [0.15, 0.2) is 0 Å². The van der Waals surface area contributed by atoms with Crippen LogP contribution in [0.25, 0.3) is 0 Å². The summed E-state index contributed by atoms with van der Waals surface area (Å²) in [6.07, 6.45) is 6.13.